The van der Waals surface area contributed by atoms with Crippen LogP contribution in [0.3, 0.4) is 0 Å². The molecule has 0 saturated carbocycles. The zero-order valence-electron chi connectivity index (χ0n) is 8.81. The van der Waals surface area contributed by atoms with Crippen LogP contribution in [0.2, 0.25) is 0 Å². The van der Waals surface area contributed by atoms with Crippen LogP contribution in [0, 0.1) is 12.7 Å². The summed E-state index contributed by atoms with van der Waals surface area (Å²) in [5.74, 6) is -0.198. The van der Waals surface area contributed by atoms with Crippen molar-refractivity contribution in [1.82, 2.24) is 0 Å². The Morgan fingerprint density at radius 2 is 1.88 bits per heavy atom. The third-order valence-electron chi connectivity index (χ3n) is 2.46. The fraction of sp³-hybridized carbons (Fsp3) is 0.167. The number of aryl methyl sites for hydroxylation is 1. The van der Waals surface area contributed by atoms with Crippen molar-refractivity contribution in [2.24, 2.45) is 0 Å². The van der Waals surface area contributed by atoms with E-state index < -0.39 is 0 Å². The van der Waals surface area contributed by atoms with Gasteiger partial charge in [-0.25, -0.2) is 4.39 Å². The number of benzene rings is 1. The molecule has 0 aliphatic carbocycles. The van der Waals surface area contributed by atoms with E-state index in [9.17, 15) is 4.39 Å². The van der Waals surface area contributed by atoms with Crippen LogP contribution in [0.4, 0.5) is 4.39 Å². The minimum Gasteiger partial charge on any atom is -0.207 e. The van der Waals surface area contributed by atoms with Crippen molar-refractivity contribution in [2.75, 3.05) is 0 Å². The smallest absolute Gasteiger partial charge is 0.123 e. The number of thiophene rings is 1. The van der Waals surface area contributed by atoms with Crippen molar-refractivity contribution in [3.8, 4) is 0 Å². The third kappa shape index (κ3) is 3.00. The van der Waals surface area contributed by atoms with E-state index in [1.54, 1.807) is 17.4 Å². The zero-order chi connectivity index (χ0) is 12.6. The first kappa shape index (κ1) is 13.7. The molecule has 17 heavy (non-hydrogen) atoms. The van der Waals surface area contributed by atoms with Gasteiger partial charge in [0.2, 0.25) is 0 Å². The molecule has 0 aliphatic rings. The van der Waals surface area contributed by atoms with Gasteiger partial charge in [0, 0.05) is 0 Å². The second kappa shape index (κ2) is 5.51. The van der Waals surface area contributed by atoms with Gasteiger partial charge in [-0.15, -0.1) is 11.3 Å². The molecule has 2 aromatic rings. The summed E-state index contributed by atoms with van der Waals surface area (Å²) < 4.78 is 15.2. The predicted octanol–water partition coefficient (Wildman–Crippen LogP) is 6.20. The summed E-state index contributed by atoms with van der Waals surface area (Å²) in [4.78, 5) is 0.0695. The molecule has 0 radical (unpaired) electrons. The van der Waals surface area contributed by atoms with Crippen molar-refractivity contribution < 1.29 is 4.39 Å². The van der Waals surface area contributed by atoms with E-state index in [0.717, 1.165) is 24.3 Å². The molecule has 0 bridgehead atoms. The lowest BCUT2D eigenvalue weighted by Crippen LogP contribution is -1.95. The molecule has 0 saturated heterocycles. The lowest BCUT2D eigenvalue weighted by atomic mass is 10.0. The zero-order valence-corrected chi connectivity index (χ0v) is 14.4. The van der Waals surface area contributed by atoms with Crippen molar-refractivity contribution in [2.45, 2.75) is 11.8 Å². The van der Waals surface area contributed by atoms with Crippen LogP contribution in [0.25, 0.3) is 0 Å². The second-order valence-electron chi connectivity index (χ2n) is 3.64. The summed E-state index contributed by atoms with van der Waals surface area (Å²) in [6.07, 6.45) is 0. The van der Waals surface area contributed by atoms with E-state index >= 15 is 0 Å². The molecule has 0 aliphatic heterocycles. The topological polar surface area (TPSA) is 0 Å². The lowest BCUT2D eigenvalue weighted by molar-refractivity contribution is 0.626. The molecular formula is C12H8Br3FS. The van der Waals surface area contributed by atoms with E-state index in [2.05, 4.69) is 53.9 Å². The summed E-state index contributed by atoms with van der Waals surface area (Å²) in [6.45, 7) is 1.92. The van der Waals surface area contributed by atoms with E-state index in [-0.39, 0.29) is 10.6 Å². The first-order valence-corrected chi connectivity index (χ1v) is 8.15. The summed E-state index contributed by atoms with van der Waals surface area (Å²) in [6, 6.07) is 6.93. The van der Waals surface area contributed by atoms with Gasteiger partial charge in [0.15, 0.2) is 0 Å². The van der Waals surface area contributed by atoms with Crippen LogP contribution in [0.15, 0.2) is 31.8 Å². The maximum absolute atomic E-state index is 13.1. The van der Waals surface area contributed by atoms with Gasteiger partial charge < -0.3 is 0 Å². The molecule has 2 rings (SSSR count). The molecular weight excluding hydrogens is 435 g/mol. The van der Waals surface area contributed by atoms with Gasteiger partial charge in [0.1, 0.15) is 5.82 Å². The van der Waals surface area contributed by atoms with Gasteiger partial charge in [-0.3, -0.25) is 0 Å². The third-order valence-corrected chi connectivity index (χ3v) is 5.83. The van der Waals surface area contributed by atoms with Crippen LogP contribution in [0.1, 0.15) is 21.5 Å². The molecule has 0 spiro atoms. The van der Waals surface area contributed by atoms with Gasteiger partial charge in [0.05, 0.1) is 12.4 Å². The molecule has 1 aromatic carbocycles. The average molecular weight is 443 g/mol. The van der Waals surface area contributed by atoms with Crippen molar-refractivity contribution in [3.63, 3.8) is 0 Å². The molecule has 0 N–H and O–H groups in total. The van der Waals surface area contributed by atoms with Crippen molar-refractivity contribution in [3.05, 3.63) is 54.3 Å². The predicted molar refractivity (Wildman–Crippen MR) is 81.6 cm³/mol. The van der Waals surface area contributed by atoms with Crippen LogP contribution in [-0.2, 0) is 0 Å². The number of hydrogen-bond donors (Lipinski definition) is 0. The molecule has 1 aromatic heterocycles. The van der Waals surface area contributed by atoms with Crippen molar-refractivity contribution in [1.29, 1.82) is 0 Å². The highest BCUT2D eigenvalue weighted by molar-refractivity contribution is 9.12. The lowest BCUT2D eigenvalue weighted by Gasteiger charge is -2.12. The van der Waals surface area contributed by atoms with Crippen LogP contribution < -0.4 is 0 Å². The minimum atomic E-state index is -0.198. The van der Waals surface area contributed by atoms with Gasteiger partial charge in [-0.1, -0.05) is 22.0 Å². The Morgan fingerprint density at radius 3 is 2.41 bits per heavy atom. The SMILES string of the molecule is Cc1cc(F)ccc1C(Br)c1cc(Br)sc1Br. The van der Waals surface area contributed by atoms with Crippen LogP contribution in [0.5, 0.6) is 0 Å². The molecule has 5 heteroatoms. The normalized spacial score (nSPS) is 12.8. The largest absolute Gasteiger partial charge is 0.207 e. The first-order chi connectivity index (χ1) is 7.99. The average Bonchev–Trinajstić information content (AvgIpc) is 2.57. The molecule has 1 atom stereocenters. The molecule has 0 nitrogen and oxygen atoms in total. The van der Waals surface area contributed by atoms with Gasteiger partial charge in [-0.05, 0) is 73.7 Å². The number of hydrogen-bond acceptors (Lipinski definition) is 1. The molecule has 1 heterocycles. The van der Waals surface area contributed by atoms with Crippen LogP contribution >= 0.6 is 59.1 Å². The van der Waals surface area contributed by atoms with Crippen LogP contribution in [-0.4, -0.2) is 0 Å². The van der Waals surface area contributed by atoms with E-state index in [0.29, 0.717) is 0 Å². The summed E-state index contributed by atoms with van der Waals surface area (Å²) in [5, 5.41) is 0. The van der Waals surface area contributed by atoms with E-state index in [1.165, 1.54) is 6.07 Å². The summed E-state index contributed by atoms with van der Waals surface area (Å²) in [7, 11) is 0. The Balaban J connectivity index is 2.43. The maximum atomic E-state index is 13.1. The second-order valence-corrected chi connectivity index (χ2v) is 8.31. The monoisotopic (exact) mass is 440 g/mol. The summed E-state index contributed by atoms with van der Waals surface area (Å²) >= 11 is 12.3. The Labute approximate surface area is 129 Å². The van der Waals surface area contributed by atoms with Gasteiger partial charge in [-0.2, -0.15) is 0 Å². The van der Waals surface area contributed by atoms with Gasteiger partial charge >= 0.3 is 0 Å². The highest BCUT2D eigenvalue weighted by atomic mass is 79.9. The maximum Gasteiger partial charge on any atom is 0.123 e. The van der Waals surface area contributed by atoms with E-state index in [4.69, 9.17) is 0 Å². The quantitative estimate of drug-likeness (QED) is 0.485. The standard InChI is InChI=1S/C12H8Br3FS/c1-6-4-7(16)2-3-8(6)11(14)9-5-10(13)17-12(9)15/h2-5,11H,1H3. The van der Waals surface area contributed by atoms with E-state index in [1.807, 2.05) is 13.0 Å². The molecule has 1 unspecified atom stereocenters. The Morgan fingerprint density at radius 1 is 1.18 bits per heavy atom. The number of alkyl halides is 1. The number of halogens is 4. The molecule has 90 valence electrons. The molecule has 0 amide bonds. The Hall–Kier alpha value is 0.290. The fourth-order valence-electron chi connectivity index (χ4n) is 1.62. The number of rotatable bonds is 2. The van der Waals surface area contributed by atoms with Crippen molar-refractivity contribution >= 4 is 59.1 Å². The fourth-order valence-corrected chi connectivity index (χ4v) is 5.85. The highest BCUT2D eigenvalue weighted by Crippen LogP contribution is 2.42. The Bertz CT molecular complexity index is 551. The molecule has 0 fully saturated rings. The Kier molecular flexibility index (Phi) is 4.45. The minimum absolute atomic E-state index is 0.0695. The summed E-state index contributed by atoms with van der Waals surface area (Å²) in [5.41, 5.74) is 3.18. The first-order valence-electron chi connectivity index (χ1n) is 4.84. The van der Waals surface area contributed by atoms with Gasteiger partial charge in [0.25, 0.3) is 0 Å². The highest BCUT2D eigenvalue weighted by Gasteiger charge is 2.18.